The molecule has 414 valence electrons. The zero-order valence-corrected chi connectivity index (χ0v) is 45.9. The van der Waals surface area contributed by atoms with Gasteiger partial charge in [0.2, 0.25) is 5.79 Å². The van der Waals surface area contributed by atoms with Crippen LogP contribution in [0, 0.1) is 47.9 Å². The van der Waals surface area contributed by atoms with Gasteiger partial charge in [0.1, 0.15) is 30.1 Å². The molecular weight excluding hydrogens is 949 g/mol. The number of carbonyl (C=O) groups is 6. The normalized spacial score (nSPS) is 36.7. The van der Waals surface area contributed by atoms with Crippen molar-refractivity contribution in [3.8, 4) is 12.3 Å². The second-order valence-electron chi connectivity index (χ2n) is 21.6. The summed E-state index contributed by atoms with van der Waals surface area (Å²) in [6.07, 6.45) is 18.8. The summed E-state index contributed by atoms with van der Waals surface area (Å²) in [6, 6.07) is -1.83. The fourth-order valence-corrected chi connectivity index (χ4v) is 11.0. The zero-order chi connectivity index (χ0) is 54.7. The van der Waals surface area contributed by atoms with Crippen molar-refractivity contribution in [2.45, 2.75) is 199 Å². The van der Waals surface area contributed by atoms with Crippen LogP contribution < -0.4 is 5.32 Å². The van der Waals surface area contributed by atoms with Crippen molar-refractivity contribution in [2.75, 3.05) is 34.5 Å². The molecule has 3 N–H and O–H groups in total. The minimum atomic E-state index is -2.53. The lowest BCUT2D eigenvalue weighted by Crippen LogP contribution is -2.61. The lowest BCUT2D eigenvalue weighted by molar-refractivity contribution is -0.264. The molecule has 74 heavy (non-hydrogen) atoms. The number of terminal acetylenes is 1. The highest BCUT2D eigenvalue weighted by molar-refractivity contribution is 6.39. The van der Waals surface area contributed by atoms with Crippen LogP contribution in [0.4, 0.5) is 4.79 Å². The van der Waals surface area contributed by atoms with Crippen LogP contribution in [-0.2, 0) is 52.4 Å². The molecule has 3 heterocycles. The molecule has 0 aromatic rings. The molecule has 0 aromatic carbocycles. The molecule has 2 bridgehead atoms. The first-order valence-electron chi connectivity index (χ1n) is 27.0. The third-order valence-electron chi connectivity index (χ3n) is 15.8. The molecule has 4 aliphatic rings. The first kappa shape index (κ1) is 62.0. The number of ketones is 3. The van der Waals surface area contributed by atoms with Gasteiger partial charge in [-0.3, -0.25) is 19.2 Å². The Morgan fingerprint density at radius 2 is 1.66 bits per heavy atom. The number of hydrogen-bond donors (Lipinski definition) is 3. The molecule has 16 nitrogen and oxygen atoms in total. The summed E-state index contributed by atoms with van der Waals surface area (Å²) in [5.41, 5.74) is 1.09. The van der Waals surface area contributed by atoms with Crippen molar-refractivity contribution in [1.82, 2.24) is 10.2 Å². The molecule has 2 saturated heterocycles. The third-order valence-corrected chi connectivity index (χ3v) is 15.8. The largest absolute Gasteiger partial charge is 0.460 e. The lowest BCUT2D eigenvalue weighted by Gasteiger charge is -2.43. The van der Waals surface area contributed by atoms with Crippen molar-refractivity contribution >= 4 is 35.3 Å². The van der Waals surface area contributed by atoms with Gasteiger partial charge in [0.25, 0.3) is 11.7 Å². The number of hydrogen-bond acceptors (Lipinski definition) is 14. The number of nitrogens with zero attached hydrogens (tertiary/aromatic N) is 1. The lowest BCUT2D eigenvalue weighted by atomic mass is 9.78. The Kier molecular flexibility index (Phi) is 25.4. The third kappa shape index (κ3) is 17.5. The first-order valence-corrected chi connectivity index (χ1v) is 27.0. The second-order valence-corrected chi connectivity index (χ2v) is 21.6. The quantitative estimate of drug-likeness (QED) is 0.0595. The Hall–Kier alpha value is -4.50. The van der Waals surface area contributed by atoms with Gasteiger partial charge in [0, 0.05) is 58.0 Å². The Bertz CT molecular complexity index is 2060. The number of unbranched alkanes of at least 4 members (excludes halogenated alkanes) is 2. The van der Waals surface area contributed by atoms with Crippen LogP contribution in [0.15, 0.2) is 47.6 Å². The van der Waals surface area contributed by atoms with Gasteiger partial charge in [0.15, 0.2) is 5.78 Å². The van der Waals surface area contributed by atoms with Crippen LogP contribution in [0.2, 0.25) is 0 Å². The van der Waals surface area contributed by atoms with Gasteiger partial charge in [-0.25, -0.2) is 9.59 Å². The van der Waals surface area contributed by atoms with E-state index in [1.165, 1.54) is 19.1 Å². The monoisotopic (exact) mass is 1040 g/mol. The van der Waals surface area contributed by atoms with E-state index in [-0.39, 0.29) is 67.3 Å². The standard InChI is InChI=1S/C58H88N2O14/c1-12-13-14-20-29-72-48-27-25-43(33-50(48)69-9)32-39(5)49-35-47(61)38(4)31-41(7)52(63)53(70-10)51(62)40(6)30-36(2)21-16-15-17-22-37(3)45(59-57(67)71-11)34-44-26-24-42(8)58(68,74-44)54(64)55(65)60-28-19-18-23-46(60)56(66)73-49/h1,15-17,21-22,31,36,38-40,42-46,48-50,52-53,63,68H,13-14,18-20,23-30,32-35H2,2-11H3,(H,59,67)/b17-15+,21-16+,37-22+,41-31+/t36-,38-,39-,40-,42-,43+,44+,45+,46+,48-,49+,50-,52-,53+,58-/m1/s1. The summed E-state index contributed by atoms with van der Waals surface area (Å²) in [5.74, 6) is -5.71. The summed E-state index contributed by atoms with van der Waals surface area (Å²) in [7, 11) is 4.29. The van der Waals surface area contributed by atoms with Crippen molar-refractivity contribution < 1.29 is 67.4 Å². The SMILES string of the molecule is C#CCCCCO[C@@H]1CC[C@@H](C[C@@H](C)[C@@H]2CC(=O)[C@H](C)/C=C(\C)[C@@H](O)[C@@H](OC)C(=O)[C@H](C)C[C@H](C)/C=C/C=C/C=C(\C)[C@@H](NC(=O)OC)C[C@@H]3CC[C@@H](C)[C@@](O)(O3)C(=O)C(=O)N3CCCC[C@H]3C(=O)O2)C[C@H]1OC. The predicted octanol–water partition coefficient (Wildman–Crippen LogP) is 7.72. The number of allylic oxidation sites excluding steroid dienone is 6. The number of piperidine rings is 1. The molecule has 4 rings (SSSR count). The van der Waals surface area contributed by atoms with E-state index in [1.54, 1.807) is 47.0 Å². The number of rotatable bonds is 11. The predicted molar refractivity (Wildman–Crippen MR) is 280 cm³/mol. The number of aliphatic hydroxyl groups is 2. The number of cyclic esters (lactones) is 1. The van der Waals surface area contributed by atoms with Crippen molar-refractivity contribution in [3.05, 3.63) is 47.6 Å². The maximum atomic E-state index is 14.6. The molecule has 16 heteroatoms. The van der Waals surface area contributed by atoms with Gasteiger partial charge >= 0.3 is 12.1 Å². The molecule has 1 aliphatic carbocycles. The molecule has 0 unspecified atom stereocenters. The molecule has 1 saturated carbocycles. The van der Waals surface area contributed by atoms with Gasteiger partial charge in [0.05, 0.1) is 31.5 Å². The average Bonchev–Trinajstić information content (AvgIpc) is 3.38. The summed E-state index contributed by atoms with van der Waals surface area (Å²) in [5, 5.41) is 26.4. The maximum Gasteiger partial charge on any atom is 0.407 e. The van der Waals surface area contributed by atoms with E-state index in [2.05, 4.69) is 11.2 Å². The zero-order valence-electron chi connectivity index (χ0n) is 45.9. The van der Waals surface area contributed by atoms with Crippen molar-refractivity contribution in [3.63, 3.8) is 0 Å². The number of nitrogens with one attached hydrogen (secondary N) is 1. The first-order chi connectivity index (χ1) is 35.2. The van der Waals surface area contributed by atoms with E-state index in [4.69, 9.17) is 34.8 Å². The Balaban J connectivity index is 1.70. The van der Waals surface area contributed by atoms with Crippen LogP contribution in [0.3, 0.4) is 0 Å². The van der Waals surface area contributed by atoms with Crippen LogP contribution in [0.5, 0.6) is 0 Å². The fourth-order valence-electron chi connectivity index (χ4n) is 11.0. The summed E-state index contributed by atoms with van der Waals surface area (Å²) in [6.45, 7) is 13.1. The number of methoxy groups -OCH3 is 3. The number of ether oxygens (including phenoxy) is 6. The van der Waals surface area contributed by atoms with Gasteiger partial charge in [-0.15, -0.1) is 12.3 Å². The molecule has 2 amide bonds. The molecule has 3 fully saturated rings. The van der Waals surface area contributed by atoms with E-state index >= 15 is 0 Å². The van der Waals surface area contributed by atoms with E-state index in [0.29, 0.717) is 63.5 Å². The maximum absolute atomic E-state index is 14.6. The Morgan fingerprint density at radius 3 is 2.35 bits per heavy atom. The molecular formula is C58H88N2O14. The molecule has 0 spiro atoms. The number of fused-ring (bicyclic) bond motifs is 3. The van der Waals surface area contributed by atoms with Gasteiger partial charge < -0.3 is 48.9 Å². The van der Waals surface area contributed by atoms with Gasteiger partial charge in [-0.1, -0.05) is 76.6 Å². The number of Topliss-reactive ketones (excluding diaryl/α,β-unsaturated/α-hetero) is 3. The van der Waals surface area contributed by atoms with Crippen LogP contribution in [0.1, 0.15) is 145 Å². The molecule has 15 atom stereocenters. The topological polar surface area (TPSA) is 214 Å². The van der Waals surface area contributed by atoms with Crippen LogP contribution in [-0.4, -0.2) is 139 Å². The Morgan fingerprint density at radius 1 is 0.919 bits per heavy atom. The summed E-state index contributed by atoms with van der Waals surface area (Å²) in [4.78, 5) is 85.3. The smallest absolute Gasteiger partial charge is 0.407 e. The van der Waals surface area contributed by atoms with Crippen molar-refractivity contribution in [2.24, 2.45) is 35.5 Å². The van der Waals surface area contributed by atoms with E-state index < -0.39 is 83.8 Å². The minimum Gasteiger partial charge on any atom is -0.460 e. The number of alkyl carbamates (subject to hydrolysis) is 1. The van der Waals surface area contributed by atoms with Gasteiger partial charge in [-0.2, -0.15) is 0 Å². The second kappa shape index (κ2) is 30.3. The summed E-state index contributed by atoms with van der Waals surface area (Å²) < 4.78 is 35.2. The van der Waals surface area contributed by atoms with Crippen molar-refractivity contribution in [1.29, 1.82) is 0 Å². The molecule has 3 aliphatic heterocycles. The number of esters is 1. The summed E-state index contributed by atoms with van der Waals surface area (Å²) >= 11 is 0. The highest BCUT2D eigenvalue weighted by Crippen LogP contribution is 2.38. The van der Waals surface area contributed by atoms with Crippen LogP contribution >= 0.6 is 0 Å². The Labute approximate surface area is 440 Å². The van der Waals surface area contributed by atoms with Gasteiger partial charge in [-0.05, 0) is 121 Å². The highest BCUT2D eigenvalue weighted by Gasteiger charge is 2.53. The van der Waals surface area contributed by atoms with E-state index in [9.17, 15) is 39.0 Å². The fraction of sp³-hybridized carbons (Fsp3) is 0.724. The number of amides is 2. The van der Waals surface area contributed by atoms with E-state index in [1.807, 2.05) is 45.1 Å². The van der Waals surface area contributed by atoms with Crippen LogP contribution in [0.25, 0.3) is 0 Å². The minimum absolute atomic E-state index is 0.0352. The molecule has 0 aromatic heterocycles. The number of aliphatic hydroxyl groups excluding tert-OH is 1. The van der Waals surface area contributed by atoms with E-state index in [0.717, 1.165) is 31.3 Å². The highest BCUT2D eigenvalue weighted by atomic mass is 16.6. The number of carbonyl (C=O) groups excluding carboxylic acids is 6. The average molecular weight is 1040 g/mol. The molecule has 0 radical (unpaired) electrons.